The van der Waals surface area contributed by atoms with Gasteiger partial charge in [-0.2, -0.15) is 26.3 Å². The number of carbonyl (C=O) groups excluding carboxylic acids is 1. The summed E-state index contributed by atoms with van der Waals surface area (Å²) in [5.74, 6) is -0.133. The largest absolute Gasteiger partial charge is 0.416 e. The number of amides is 2. The van der Waals surface area contributed by atoms with Gasteiger partial charge in [-0.25, -0.2) is 9.18 Å². The Hall–Kier alpha value is -2.78. The molecular formula is C24H25F7N2O. The number of carbonyl (C=O) groups is 1. The van der Waals surface area contributed by atoms with Crippen molar-refractivity contribution in [1.29, 1.82) is 0 Å². The van der Waals surface area contributed by atoms with E-state index in [1.54, 1.807) is 17.9 Å². The van der Waals surface area contributed by atoms with E-state index in [4.69, 9.17) is 0 Å². The Morgan fingerprint density at radius 3 is 2.15 bits per heavy atom. The molecule has 0 aromatic heterocycles. The molecule has 0 spiro atoms. The summed E-state index contributed by atoms with van der Waals surface area (Å²) in [6.45, 7) is 3.68. The Bertz CT molecular complexity index is 1020. The molecule has 3 rings (SSSR count). The van der Waals surface area contributed by atoms with Crippen molar-refractivity contribution in [3.05, 3.63) is 70.0 Å². The minimum absolute atomic E-state index is 0.0602. The second-order valence-electron chi connectivity index (χ2n) is 8.89. The van der Waals surface area contributed by atoms with Crippen molar-refractivity contribution in [2.24, 2.45) is 5.92 Å². The highest BCUT2D eigenvalue weighted by molar-refractivity contribution is 5.75. The van der Waals surface area contributed by atoms with Crippen LogP contribution in [-0.4, -0.2) is 29.4 Å². The molecule has 0 bridgehead atoms. The van der Waals surface area contributed by atoms with Crippen molar-refractivity contribution < 1.29 is 35.5 Å². The van der Waals surface area contributed by atoms with E-state index in [9.17, 15) is 35.5 Å². The molecule has 34 heavy (non-hydrogen) atoms. The minimum atomic E-state index is -4.97. The van der Waals surface area contributed by atoms with E-state index >= 15 is 0 Å². The van der Waals surface area contributed by atoms with Crippen LogP contribution in [-0.2, 0) is 18.9 Å². The Morgan fingerprint density at radius 1 is 1.03 bits per heavy atom. The van der Waals surface area contributed by atoms with E-state index in [0.29, 0.717) is 37.1 Å². The third kappa shape index (κ3) is 5.82. The summed E-state index contributed by atoms with van der Waals surface area (Å²) in [6.07, 6.45) is -8.63. The van der Waals surface area contributed by atoms with Crippen LogP contribution in [0, 0.1) is 18.7 Å². The van der Waals surface area contributed by atoms with E-state index in [1.807, 2.05) is 6.92 Å². The number of nitrogens with zero attached hydrogens (tertiary/aromatic N) is 2. The van der Waals surface area contributed by atoms with Gasteiger partial charge in [-0.3, -0.25) is 0 Å². The molecule has 2 aromatic carbocycles. The van der Waals surface area contributed by atoms with Crippen LogP contribution in [0.1, 0.15) is 53.6 Å². The van der Waals surface area contributed by atoms with Crippen molar-refractivity contribution in [3.63, 3.8) is 0 Å². The van der Waals surface area contributed by atoms with Gasteiger partial charge in [-0.05, 0) is 72.7 Å². The molecule has 1 heterocycles. The molecule has 10 heteroatoms. The Labute approximate surface area is 193 Å². The quantitative estimate of drug-likeness (QED) is 0.418. The van der Waals surface area contributed by atoms with E-state index < -0.39 is 41.9 Å². The zero-order chi connectivity index (χ0) is 25.4. The van der Waals surface area contributed by atoms with Gasteiger partial charge in [0.25, 0.3) is 0 Å². The summed E-state index contributed by atoms with van der Waals surface area (Å²) in [4.78, 5) is 15.9. The Balaban J connectivity index is 1.89. The third-order valence-electron chi connectivity index (χ3n) is 6.09. The summed E-state index contributed by atoms with van der Waals surface area (Å²) in [5.41, 5.74) is -1.71. The second kappa shape index (κ2) is 9.46. The number of hydrogen-bond acceptors (Lipinski definition) is 1. The van der Waals surface area contributed by atoms with Crippen LogP contribution >= 0.6 is 0 Å². The molecule has 1 fully saturated rings. The standard InChI is InChI=1S/C24H25F7N2O/c1-14-6-7-33(21(8-14)20-5-4-19(25)9-15(20)2)22(34)32(3)13-16-10-17(23(26,27)28)12-18(11-16)24(29,30)31/h4-5,9-12,14,21H,6-8,13H2,1-3H3/t14-,21+/m0/s1. The number of aryl methyl sites for hydroxylation is 1. The maximum Gasteiger partial charge on any atom is 0.416 e. The number of alkyl halides is 6. The maximum atomic E-state index is 13.6. The summed E-state index contributed by atoms with van der Waals surface area (Å²) in [7, 11) is 1.34. The molecule has 2 aromatic rings. The first-order chi connectivity index (χ1) is 15.7. The number of halogens is 7. The van der Waals surface area contributed by atoms with Gasteiger partial charge in [0.1, 0.15) is 5.82 Å². The molecule has 2 atom stereocenters. The van der Waals surface area contributed by atoms with Crippen LogP contribution in [0.4, 0.5) is 35.5 Å². The van der Waals surface area contributed by atoms with Gasteiger partial charge < -0.3 is 9.80 Å². The van der Waals surface area contributed by atoms with Gasteiger partial charge in [0.05, 0.1) is 17.2 Å². The lowest BCUT2D eigenvalue weighted by molar-refractivity contribution is -0.143. The Kier molecular flexibility index (Phi) is 7.19. The number of urea groups is 1. The van der Waals surface area contributed by atoms with Crippen molar-refractivity contribution >= 4 is 6.03 Å². The number of rotatable bonds is 3. The van der Waals surface area contributed by atoms with Gasteiger partial charge in [0.15, 0.2) is 0 Å². The molecule has 0 N–H and O–H groups in total. The molecule has 0 unspecified atom stereocenters. The van der Waals surface area contributed by atoms with Crippen molar-refractivity contribution in [2.45, 2.75) is 51.6 Å². The predicted molar refractivity (Wildman–Crippen MR) is 112 cm³/mol. The minimum Gasteiger partial charge on any atom is -0.323 e. The van der Waals surface area contributed by atoms with Crippen LogP contribution in [0.3, 0.4) is 0 Å². The van der Waals surface area contributed by atoms with E-state index in [2.05, 4.69) is 0 Å². The molecular weight excluding hydrogens is 465 g/mol. The summed E-state index contributed by atoms with van der Waals surface area (Å²) >= 11 is 0. The van der Waals surface area contributed by atoms with Crippen molar-refractivity contribution in [2.75, 3.05) is 13.6 Å². The fraction of sp³-hybridized carbons (Fsp3) is 0.458. The molecule has 2 amide bonds. The first-order valence-corrected chi connectivity index (χ1v) is 10.7. The molecule has 3 nitrogen and oxygen atoms in total. The second-order valence-corrected chi connectivity index (χ2v) is 8.89. The van der Waals surface area contributed by atoms with Gasteiger partial charge in [0, 0.05) is 20.1 Å². The molecule has 1 saturated heterocycles. The van der Waals surface area contributed by atoms with Crippen LogP contribution < -0.4 is 0 Å². The average Bonchev–Trinajstić information content (AvgIpc) is 2.71. The smallest absolute Gasteiger partial charge is 0.323 e. The lowest BCUT2D eigenvalue weighted by atomic mass is 9.86. The molecule has 186 valence electrons. The molecule has 0 saturated carbocycles. The average molecular weight is 490 g/mol. The highest BCUT2D eigenvalue weighted by Crippen LogP contribution is 2.38. The van der Waals surface area contributed by atoms with Gasteiger partial charge in [-0.1, -0.05) is 13.0 Å². The number of hydrogen-bond donors (Lipinski definition) is 0. The molecule has 1 aliphatic rings. The summed E-state index contributed by atoms with van der Waals surface area (Å²) in [6, 6.07) is 4.67. The topological polar surface area (TPSA) is 23.6 Å². The van der Waals surface area contributed by atoms with Crippen LogP contribution in [0.5, 0.6) is 0 Å². The highest BCUT2D eigenvalue weighted by atomic mass is 19.4. The molecule has 0 aliphatic carbocycles. The normalized spacial score (nSPS) is 19.3. The maximum absolute atomic E-state index is 13.6. The van der Waals surface area contributed by atoms with Gasteiger partial charge >= 0.3 is 18.4 Å². The summed E-state index contributed by atoms with van der Waals surface area (Å²) < 4.78 is 92.7. The number of piperidine rings is 1. The van der Waals surface area contributed by atoms with Gasteiger partial charge in [-0.15, -0.1) is 0 Å². The monoisotopic (exact) mass is 490 g/mol. The summed E-state index contributed by atoms with van der Waals surface area (Å²) in [5, 5.41) is 0. The first kappa shape index (κ1) is 25.8. The van der Waals surface area contributed by atoms with Crippen LogP contribution in [0.25, 0.3) is 0 Å². The number of likely N-dealkylation sites (tertiary alicyclic amines) is 1. The Morgan fingerprint density at radius 2 is 1.62 bits per heavy atom. The molecule has 1 aliphatic heterocycles. The number of benzene rings is 2. The van der Waals surface area contributed by atoms with E-state index in [1.165, 1.54) is 19.2 Å². The SMILES string of the molecule is Cc1cc(F)ccc1[C@H]1C[C@@H](C)CCN1C(=O)N(C)Cc1cc(C(F)(F)F)cc(C(F)(F)F)c1. The van der Waals surface area contributed by atoms with Gasteiger partial charge in [0.2, 0.25) is 0 Å². The fourth-order valence-electron chi connectivity index (χ4n) is 4.35. The van der Waals surface area contributed by atoms with Crippen molar-refractivity contribution in [1.82, 2.24) is 9.80 Å². The molecule has 0 radical (unpaired) electrons. The highest BCUT2D eigenvalue weighted by Gasteiger charge is 2.38. The zero-order valence-electron chi connectivity index (χ0n) is 18.9. The third-order valence-corrected chi connectivity index (χ3v) is 6.09. The van der Waals surface area contributed by atoms with E-state index in [0.717, 1.165) is 10.5 Å². The lowest BCUT2D eigenvalue weighted by Crippen LogP contribution is -2.46. The van der Waals surface area contributed by atoms with E-state index in [-0.39, 0.29) is 23.6 Å². The van der Waals surface area contributed by atoms with Crippen molar-refractivity contribution in [3.8, 4) is 0 Å². The van der Waals surface area contributed by atoms with Crippen LogP contribution in [0.15, 0.2) is 36.4 Å². The lowest BCUT2D eigenvalue weighted by Gasteiger charge is -2.41. The first-order valence-electron chi connectivity index (χ1n) is 10.7. The fourth-order valence-corrected chi connectivity index (χ4v) is 4.35. The predicted octanol–water partition coefficient (Wildman–Crippen LogP) is 7.20. The van der Waals surface area contributed by atoms with Crippen LogP contribution in [0.2, 0.25) is 0 Å². The zero-order valence-corrected chi connectivity index (χ0v) is 18.9.